The molecular weight excluding hydrogens is 373 g/mol. The fourth-order valence-corrected chi connectivity index (χ4v) is 3.64. The Bertz CT molecular complexity index is 996. The quantitative estimate of drug-likeness (QED) is 0.703. The number of halogens is 1. The second kappa shape index (κ2) is 8.12. The van der Waals surface area contributed by atoms with E-state index in [1.807, 2.05) is 14.0 Å². The highest BCUT2D eigenvalue weighted by Crippen LogP contribution is 2.23. The minimum Gasteiger partial charge on any atom is -0.353 e. The molecule has 4 rings (SSSR count). The summed E-state index contributed by atoms with van der Waals surface area (Å²) in [5, 5.41) is 8.19. The van der Waals surface area contributed by atoms with Gasteiger partial charge in [-0.1, -0.05) is 12.1 Å². The summed E-state index contributed by atoms with van der Waals surface area (Å²) < 4.78 is 14.8. The van der Waals surface area contributed by atoms with Crippen LogP contribution in [-0.4, -0.2) is 63.3 Å². The van der Waals surface area contributed by atoms with Crippen LogP contribution < -0.4 is 10.2 Å². The predicted octanol–water partition coefficient (Wildman–Crippen LogP) is 1.50. The van der Waals surface area contributed by atoms with E-state index >= 15 is 0 Å². The van der Waals surface area contributed by atoms with Crippen LogP contribution in [0.1, 0.15) is 18.5 Å². The first-order chi connectivity index (χ1) is 14.0. The third-order valence-electron chi connectivity index (χ3n) is 5.29. The number of anilines is 1. The Labute approximate surface area is 168 Å². The van der Waals surface area contributed by atoms with E-state index in [9.17, 15) is 9.18 Å². The molecule has 9 heteroatoms. The third kappa shape index (κ3) is 4.19. The summed E-state index contributed by atoms with van der Waals surface area (Å²) in [5.74, 6) is 0.571. The second-order valence-electron chi connectivity index (χ2n) is 7.31. The summed E-state index contributed by atoms with van der Waals surface area (Å²) in [5.41, 5.74) is 1.69. The lowest BCUT2D eigenvalue weighted by molar-refractivity contribution is -0.123. The number of carbonyl (C=O) groups is 1. The highest BCUT2D eigenvalue weighted by molar-refractivity contribution is 5.86. The molecule has 1 atom stereocenters. The van der Waals surface area contributed by atoms with Gasteiger partial charge in [-0.3, -0.25) is 14.4 Å². The van der Waals surface area contributed by atoms with Gasteiger partial charge in [-0.2, -0.15) is 5.10 Å². The predicted molar refractivity (Wildman–Crippen MR) is 108 cm³/mol. The zero-order valence-electron chi connectivity index (χ0n) is 16.5. The monoisotopic (exact) mass is 397 g/mol. The zero-order valence-corrected chi connectivity index (χ0v) is 16.5. The van der Waals surface area contributed by atoms with Gasteiger partial charge in [0, 0.05) is 33.2 Å². The van der Waals surface area contributed by atoms with Gasteiger partial charge in [0.2, 0.25) is 5.91 Å². The molecule has 2 aromatic heterocycles. The van der Waals surface area contributed by atoms with Gasteiger partial charge in [0.15, 0.2) is 5.65 Å². The summed E-state index contributed by atoms with van der Waals surface area (Å²) in [6.07, 6.45) is 3.36. The number of fused-ring (bicyclic) bond motifs is 1. The summed E-state index contributed by atoms with van der Waals surface area (Å²) in [4.78, 5) is 25.5. The maximum atomic E-state index is 13.1. The van der Waals surface area contributed by atoms with Gasteiger partial charge in [0.05, 0.1) is 24.2 Å². The Morgan fingerprint density at radius 3 is 2.62 bits per heavy atom. The normalized spacial score (nSPS) is 16.2. The lowest BCUT2D eigenvalue weighted by Gasteiger charge is -2.35. The zero-order chi connectivity index (χ0) is 20.4. The molecule has 152 valence electrons. The van der Waals surface area contributed by atoms with E-state index in [1.165, 1.54) is 12.1 Å². The van der Waals surface area contributed by atoms with Gasteiger partial charge in [-0.15, -0.1) is 0 Å². The van der Waals surface area contributed by atoms with Crippen molar-refractivity contribution in [3.63, 3.8) is 0 Å². The van der Waals surface area contributed by atoms with E-state index in [1.54, 1.807) is 29.3 Å². The van der Waals surface area contributed by atoms with Gasteiger partial charge >= 0.3 is 0 Å². The molecule has 0 saturated carbocycles. The first kappa shape index (κ1) is 19.3. The Morgan fingerprint density at radius 1 is 1.17 bits per heavy atom. The maximum absolute atomic E-state index is 13.1. The number of rotatable bonds is 5. The minimum absolute atomic E-state index is 0.0352. The molecule has 1 unspecified atom stereocenters. The van der Waals surface area contributed by atoms with E-state index in [0.717, 1.165) is 48.6 Å². The fraction of sp³-hybridized carbons (Fsp3) is 0.400. The molecule has 3 aromatic rings. The van der Waals surface area contributed by atoms with Crippen LogP contribution in [0.25, 0.3) is 11.0 Å². The number of nitrogens with zero attached hydrogens (tertiary/aromatic N) is 6. The van der Waals surface area contributed by atoms with Gasteiger partial charge in [-0.25, -0.2) is 14.4 Å². The van der Waals surface area contributed by atoms with Crippen LogP contribution in [0.2, 0.25) is 0 Å². The first-order valence-electron chi connectivity index (χ1n) is 9.66. The molecule has 1 fully saturated rings. The van der Waals surface area contributed by atoms with Crippen LogP contribution in [0.5, 0.6) is 0 Å². The lowest BCUT2D eigenvalue weighted by atomic mass is 10.1. The number of amides is 1. The van der Waals surface area contributed by atoms with Crippen molar-refractivity contribution in [3.05, 3.63) is 48.2 Å². The summed E-state index contributed by atoms with van der Waals surface area (Å²) in [6.45, 7) is 5.33. The number of piperazine rings is 1. The van der Waals surface area contributed by atoms with Crippen molar-refractivity contribution in [2.24, 2.45) is 7.05 Å². The van der Waals surface area contributed by atoms with Crippen molar-refractivity contribution in [1.29, 1.82) is 0 Å². The number of benzene rings is 1. The lowest BCUT2D eigenvalue weighted by Crippen LogP contribution is -2.50. The van der Waals surface area contributed by atoms with Crippen LogP contribution in [0.15, 0.2) is 36.8 Å². The molecule has 0 spiro atoms. The number of hydrogen-bond donors (Lipinski definition) is 1. The molecule has 1 aromatic carbocycles. The summed E-state index contributed by atoms with van der Waals surface area (Å²) in [7, 11) is 1.86. The fourth-order valence-electron chi connectivity index (χ4n) is 3.64. The number of aryl methyl sites for hydroxylation is 1. The highest BCUT2D eigenvalue weighted by atomic mass is 19.1. The molecule has 0 radical (unpaired) electrons. The van der Waals surface area contributed by atoms with Gasteiger partial charge in [0.25, 0.3) is 0 Å². The van der Waals surface area contributed by atoms with Crippen molar-refractivity contribution < 1.29 is 9.18 Å². The van der Waals surface area contributed by atoms with Crippen LogP contribution >= 0.6 is 0 Å². The molecular formula is C20H24FN7O. The van der Waals surface area contributed by atoms with Crippen LogP contribution in [-0.2, 0) is 11.8 Å². The molecule has 0 aliphatic carbocycles. The van der Waals surface area contributed by atoms with Crippen molar-refractivity contribution >= 4 is 22.8 Å². The molecule has 3 heterocycles. The minimum atomic E-state index is -0.280. The number of carbonyl (C=O) groups excluding carboxylic acids is 1. The molecule has 1 N–H and O–H groups in total. The Morgan fingerprint density at radius 2 is 1.90 bits per heavy atom. The molecule has 0 bridgehead atoms. The summed E-state index contributed by atoms with van der Waals surface area (Å²) in [6, 6.07) is 6.04. The van der Waals surface area contributed by atoms with Crippen molar-refractivity contribution in [3.8, 4) is 0 Å². The average molecular weight is 397 g/mol. The molecule has 1 saturated heterocycles. The van der Waals surface area contributed by atoms with Crippen LogP contribution in [0.4, 0.5) is 10.2 Å². The topological polar surface area (TPSA) is 79.2 Å². The molecule has 1 aliphatic rings. The number of hydrogen-bond acceptors (Lipinski definition) is 6. The third-order valence-corrected chi connectivity index (χ3v) is 5.29. The van der Waals surface area contributed by atoms with E-state index in [-0.39, 0.29) is 17.8 Å². The summed E-state index contributed by atoms with van der Waals surface area (Å²) >= 11 is 0. The molecule has 8 nitrogen and oxygen atoms in total. The molecule has 1 aliphatic heterocycles. The Balaban J connectivity index is 1.31. The second-order valence-corrected chi connectivity index (χ2v) is 7.31. The van der Waals surface area contributed by atoms with Crippen LogP contribution in [0.3, 0.4) is 0 Å². The maximum Gasteiger partial charge on any atom is 0.234 e. The van der Waals surface area contributed by atoms with Crippen molar-refractivity contribution in [2.45, 2.75) is 13.0 Å². The average Bonchev–Trinajstić information content (AvgIpc) is 3.10. The van der Waals surface area contributed by atoms with E-state index in [2.05, 4.69) is 30.2 Å². The SMILES string of the molecule is CC(NC(=O)CN1CCN(c2ncnc3c2cnn3C)CC1)c1ccc(F)cc1. The van der Waals surface area contributed by atoms with Crippen LogP contribution in [0, 0.1) is 5.82 Å². The Kier molecular flexibility index (Phi) is 5.39. The number of nitrogens with one attached hydrogen (secondary N) is 1. The highest BCUT2D eigenvalue weighted by Gasteiger charge is 2.22. The van der Waals surface area contributed by atoms with E-state index in [4.69, 9.17) is 0 Å². The molecule has 29 heavy (non-hydrogen) atoms. The largest absolute Gasteiger partial charge is 0.353 e. The van der Waals surface area contributed by atoms with Gasteiger partial charge in [0.1, 0.15) is 18.0 Å². The first-order valence-corrected chi connectivity index (χ1v) is 9.66. The Hall–Kier alpha value is -3.07. The van der Waals surface area contributed by atoms with Crippen molar-refractivity contribution in [1.82, 2.24) is 30.0 Å². The van der Waals surface area contributed by atoms with Gasteiger partial charge < -0.3 is 10.2 Å². The number of aromatic nitrogens is 4. The van der Waals surface area contributed by atoms with Crippen molar-refractivity contribution in [2.75, 3.05) is 37.6 Å². The van der Waals surface area contributed by atoms with E-state index < -0.39 is 0 Å². The smallest absolute Gasteiger partial charge is 0.234 e. The van der Waals surface area contributed by atoms with Gasteiger partial charge in [-0.05, 0) is 24.6 Å². The molecule has 1 amide bonds. The van der Waals surface area contributed by atoms with E-state index in [0.29, 0.717) is 6.54 Å². The standard InChI is InChI=1S/C20H24FN7O/c1-14(15-3-5-16(21)6-4-15)25-18(29)12-27-7-9-28(10-8-27)20-17-11-24-26(2)19(17)22-13-23-20/h3-6,11,13-14H,7-10,12H2,1-2H3,(H,25,29).